The van der Waals surface area contributed by atoms with Crippen molar-refractivity contribution < 1.29 is 14.4 Å². The van der Waals surface area contributed by atoms with Gasteiger partial charge in [0.1, 0.15) is 0 Å². The predicted octanol–water partition coefficient (Wildman–Crippen LogP) is 2.06. The number of methoxy groups -OCH3 is 1. The molecule has 0 saturated carbocycles. The molecule has 0 spiro atoms. The lowest BCUT2D eigenvalue weighted by Crippen LogP contribution is -2.38. The van der Waals surface area contributed by atoms with Crippen LogP contribution < -0.4 is 20.0 Å². The number of nitrogens with zero attached hydrogens (tertiary/aromatic N) is 7. The normalized spacial score (nSPS) is 16.9. The van der Waals surface area contributed by atoms with Crippen LogP contribution in [-0.2, 0) is 4.74 Å². The Kier molecular flexibility index (Phi) is 6.90. The molecule has 0 amide bonds. The largest absolute Gasteiger partial charge is 0.490 e. The van der Waals surface area contributed by atoms with E-state index >= 15 is 0 Å². The van der Waals surface area contributed by atoms with E-state index in [1.165, 1.54) is 31.9 Å². The number of benzene rings is 1. The van der Waals surface area contributed by atoms with Gasteiger partial charge in [-0.2, -0.15) is 20.1 Å². The third kappa shape index (κ3) is 5.19. The maximum atomic E-state index is 11.2. The van der Waals surface area contributed by atoms with Crippen molar-refractivity contribution in [3.8, 4) is 5.75 Å². The fourth-order valence-electron chi connectivity index (χ4n) is 3.64. The average Bonchev–Trinajstić information content (AvgIpc) is 2.85. The van der Waals surface area contributed by atoms with Crippen molar-refractivity contribution in [2.24, 2.45) is 5.10 Å². The average molecular weight is 442 g/mol. The summed E-state index contributed by atoms with van der Waals surface area (Å²) in [6.07, 6.45) is 4.90. The SMILES string of the molecule is COc1ccc(/C=N\Nc2nc(N3CCCCC3)nc(N3CCOCC3)n2)cc1[N+](=O)[O-]. The standard InChI is InChI=1S/C20H26N8O4/c1-31-17-6-5-15(13-16(17)28(29)30)14-21-25-18-22-19(26-7-3-2-4-8-26)24-20(23-18)27-9-11-32-12-10-27/h5-6,13-14H,2-4,7-12H2,1H3,(H,22,23,24,25)/b21-14-. The first kappa shape index (κ1) is 21.7. The molecule has 1 aromatic heterocycles. The van der Waals surface area contributed by atoms with Crippen LogP contribution in [0.5, 0.6) is 5.75 Å². The molecule has 12 heteroatoms. The van der Waals surface area contributed by atoms with Crippen molar-refractivity contribution in [1.29, 1.82) is 0 Å². The van der Waals surface area contributed by atoms with Crippen LogP contribution in [0, 0.1) is 10.1 Å². The quantitative estimate of drug-likeness (QED) is 0.386. The molecule has 2 aliphatic rings. The molecule has 2 aliphatic heterocycles. The highest BCUT2D eigenvalue weighted by atomic mass is 16.6. The summed E-state index contributed by atoms with van der Waals surface area (Å²) in [5.41, 5.74) is 3.27. The Balaban J connectivity index is 1.55. The summed E-state index contributed by atoms with van der Waals surface area (Å²) < 4.78 is 10.5. The molecule has 1 aromatic carbocycles. The number of hydrogen-bond acceptors (Lipinski definition) is 11. The van der Waals surface area contributed by atoms with Crippen LogP contribution in [0.1, 0.15) is 24.8 Å². The molecule has 1 N–H and O–H groups in total. The van der Waals surface area contributed by atoms with E-state index in [1.807, 2.05) is 0 Å². The van der Waals surface area contributed by atoms with Gasteiger partial charge in [-0.3, -0.25) is 10.1 Å². The lowest BCUT2D eigenvalue weighted by atomic mass is 10.1. The number of hydrazone groups is 1. The van der Waals surface area contributed by atoms with E-state index in [2.05, 4.69) is 30.3 Å². The van der Waals surface area contributed by atoms with Gasteiger partial charge in [-0.15, -0.1) is 0 Å². The van der Waals surface area contributed by atoms with Crippen molar-refractivity contribution in [2.45, 2.75) is 19.3 Å². The number of hydrogen-bond donors (Lipinski definition) is 1. The second kappa shape index (κ2) is 10.2. The van der Waals surface area contributed by atoms with Gasteiger partial charge in [-0.25, -0.2) is 5.43 Å². The van der Waals surface area contributed by atoms with E-state index in [1.54, 1.807) is 6.07 Å². The van der Waals surface area contributed by atoms with Crippen LogP contribution in [0.2, 0.25) is 0 Å². The van der Waals surface area contributed by atoms with Gasteiger partial charge < -0.3 is 19.3 Å². The van der Waals surface area contributed by atoms with Crippen LogP contribution in [0.25, 0.3) is 0 Å². The van der Waals surface area contributed by atoms with Crippen LogP contribution in [0.4, 0.5) is 23.5 Å². The molecule has 2 aromatic rings. The third-order valence-corrected chi connectivity index (χ3v) is 5.32. The predicted molar refractivity (Wildman–Crippen MR) is 120 cm³/mol. The number of aromatic nitrogens is 3. The molecule has 2 saturated heterocycles. The van der Waals surface area contributed by atoms with E-state index in [9.17, 15) is 10.1 Å². The van der Waals surface area contributed by atoms with Crippen molar-refractivity contribution in [3.05, 3.63) is 33.9 Å². The molecule has 0 aliphatic carbocycles. The first-order valence-electron chi connectivity index (χ1n) is 10.6. The van der Waals surface area contributed by atoms with Crippen LogP contribution >= 0.6 is 0 Å². The molecule has 170 valence electrons. The van der Waals surface area contributed by atoms with Gasteiger partial charge in [0.05, 0.1) is 31.5 Å². The number of piperidine rings is 1. The summed E-state index contributed by atoms with van der Waals surface area (Å²) in [5, 5.41) is 15.4. The van der Waals surface area contributed by atoms with E-state index < -0.39 is 4.92 Å². The molecule has 0 unspecified atom stereocenters. The molecule has 3 heterocycles. The Morgan fingerprint density at radius 2 is 1.78 bits per heavy atom. The molecule has 2 fully saturated rings. The molecule has 4 rings (SSSR count). The summed E-state index contributed by atoms with van der Waals surface area (Å²) in [6, 6.07) is 4.62. The summed E-state index contributed by atoms with van der Waals surface area (Å²) in [5.74, 6) is 1.72. The Morgan fingerprint density at radius 1 is 1.09 bits per heavy atom. The lowest BCUT2D eigenvalue weighted by molar-refractivity contribution is -0.385. The lowest BCUT2D eigenvalue weighted by Gasteiger charge is -2.30. The minimum absolute atomic E-state index is 0.126. The van der Waals surface area contributed by atoms with E-state index in [-0.39, 0.29) is 11.4 Å². The summed E-state index contributed by atoms with van der Waals surface area (Å²) >= 11 is 0. The highest BCUT2D eigenvalue weighted by Gasteiger charge is 2.20. The number of morpholine rings is 1. The molecule has 12 nitrogen and oxygen atoms in total. The van der Waals surface area contributed by atoms with Gasteiger partial charge in [0.2, 0.25) is 17.8 Å². The zero-order chi connectivity index (χ0) is 22.3. The Labute approximate surface area is 185 Å². The molecular weight excluding hydrogens is 416 g/mol. The fraction of sp³-hybridized carbons (Fsp3) is 0.500. The third-order valence-electron chi connectivity index (χ3n) is 5.32. The maximum Gasteiger partial charge on any atom is 0.311 e. The highest BCUT2D eigenvalue weighted by molar-refractivity contribution is 5.82. The number of anilines is 3. The number of rotatable bonds is 7. The number of nitrogens with one attached hydrogen (secondary N) is 1. The first-order valence-corrected chi connectivity index (χ1v) is 10.6. The van der Waals surface area contributed by atoms with Crippen LogP contribution in [-0.4, -0.2) is 72.6 Å². The smallest absolute Gasteiger partial charge is 0.311 e. The minimum Gasteiger partial charge on any atom is -0.490 e. The molecule has 0 bridgehead atoms. The van der Waals surface area contributed by atoms with Gasteiger partial charge in [-0.1, -0.05) is 0 Å². The maximum absolute atomic E-state index is 11.2. The number of nitro benzene ring substituents is 1. The second-order valence-electron chi connectivity index (χ2n) is 7.46. The number of ether oxygens (including phenoxy) is 2. The fourth-order valence-corrected chi connectivity index (χ4v) is 3.64. The zero-order valence-corrected chi connectivity index (χ0v) is 17.9. The van der Waals surface area contributed by atoms with Gasteiger partial charge in [0, 0.05) is 37.8 Å². The Morgan fingerprint density at radius 3 is 2.44 bits per heavy atom. The monoisotopic (exact) mass is 442 g/mol. The van der Waals surface area contributed by atoms with E-state index in [0.29, 0.717) is 49.7 Å². The molecule has 0 radical (unpaired) electrons. The molecular formula is C20H26N8O4. The van der Waals surface area contributed by atoms with Gasteiger partial charge >= 0.3 is 5.69 Å². The van der Waals surface area contributed by atoms with E-state index in [0.717, 1.165) is 25.9 Å². The van der Waals surface area contributed by atoms with Gasteiger partial charge in [-0.05, 0) is 31.4 Å². The Bertz CT molecular complexity index is 938. The van der Waals surface area contributed by atoms with Crippen LogP contribution in [0.15, 0.2) is 23.3 Å². The Hall–Kier alpha value is -3.54. The molecule has 0 atom stereocenters. The van der Waals surface area contributed by atoms with Gasteiger partial charge in [0.15, 0.2) is 5.75 Å². The van der Waals surface area contributed by atoms with Crippen molar-refractivity contribution in [1.82, 2.24) is 15.0 Å². The summed E-state index contributed by atoms with van der Waals surface area (Å²) in [6.45, 7) is 4.49. The van der Waals surface area contributed by atoms with E-state index in [4.69, 9.17) is 14.5 Å². The zero-order valence-electron chi connectivity index (χ0n) is 17.9. The summed E-state index contributed by atoms with van der Waals surface area (Å²) in [7, 11) is 1.39. The number of nitro groups is 1. The van der Waals surface area contributed by atoms with Crippen molar-refractivity contribution >= 4 is 29.7 Å². The highest BCUT2D eigenvalue weighted by Crippen LogP contribution is 2.27. The first-order chi connectivity index (χ1) is 15.6. The minimum atomic E-state index is -0.491. The van der Waals surface area contributed by atoms with Crippen molar-refractivity contribution in [2.75, 3.05) is 61.7 Å². The molecule has 32 heavy (non-hydrogen) atoms. The van der Waals surface area contributed by atoms with Gasteiger partial charge in [0.25, 0.3) is 0 Å². The van der Waals surface area contributed by atoms with Crippen LogP contribution in [0.3, 0.4) is 0 Å². The van der Waals surface area contributed by atoms with Crippen molar-refractivity contribution in [3.63, 3.8) is 0 Å². The summed E-state index contributed by atoms with van der Waals surface area (Å²) in [4.78, 5) is 28.7. The second-order valence-corrected chi connectivity index (χ2v) is 7.46. The topological polar surface area (TPSA) is 131 Å².